The van der Waals surface area contributed by atoms with Crippen molar-refractivity contribution in [2.45, 2.75) is 6.92 Å². The highest BCUT2D eigenvalue weighted by molar-refractivity contribution is 7.22. The zero-order valence-electron chi connectivity index (χ0n) is 11.8. The van der Waals surface area contributed by atoms with Gasteiger partial charge in [-0.15, -0.1) is 0 Å². The van der Waals surface area contributed by atoms with E-state index < -0.39 is 0 Å². The molecule has 2 aromatic carbocycles. The SMILES string of the molecule is CNc1ccc(C(=O)Nc2nc3ccccc3s2)c(C)c1. The highest BCUT2D eigenvalue weighted by Crippen LogP contribution is 2.26. The highest BCUT2D eigenvalue weighted by atomic mass is 32.1. The molecular weight excluding hydrogens is 282 g/mol. The Balaban J connectivity index is 1.85. The summed E-state index contributed by atoms with van der Waals surface area (Å²) in [5.41, 5.74) is 3.48. The van der Waals surface area contributed by atoms with Crippen LogP contribution in [0.4, 0.5) is 10.8 Å². The van der Waals surface area contributed by atoms with Crippen molar-refractivity contribution in [3.8, 4) is 0 Å². The summed E-state index contributed by atoms with van der Waals surface area (Å²) in [6.07, 6.45) is 0. The molecule has 2 N–H and O–H groups in total. The van der Waals surface area contributed by atoms with E-state index in [0.29, 0.717) is 10.7 Å². The van der Waals surface area contributed by atoms with Gasteiger partial charge in [0.15, 0.2) is 5.13 Å². The van der Waals surface area contributed by atoms with Crippen molar-refractivity contribution in [1.29, 1.82) is 0 Å². The molecule has 0 saturated carbocycles. The number of hydrogen-bond donors (Lipinski definition) is 2. The monoisotopic (exact) mass is 297 g/mol. The molecule has 0 fully saturated rings. The zero-order chi connectivity index (χ0) is 14.8. The van der Waals surface area contributed by atoms with Crippen LogP contribution in [0.2, 0.25) is 0 Å². The van der Waals surface area contributed by atoms with Gasteiger partial charge in [0.05, 0.1) is 10.2 Å². The number of nitrogens with zero attached hydrogens (tertiary/aromatic N) is 1. The minimum Gasteiger partial charge on any atom is -0.388 e. The smallest absolute Gasteiger partial charge is 0.257 e. The molecule has 0 atom stereocenters. The minimum absolute atomic E-state index is 0.130. The van der Waals surface area contributed by atoms with Crippen molar-refractivity contribution in [3.63, 3.8) is 0 Å². The average Bonchev–Trinajstić information content (AvgIpc) is 2.88. The predicted octanol–water partition coefficient (Wildman–Crippen LogP) is 3.90. The first kappa shape index (κ1) is 13.6. The summed E-state index contributed by atoms with van der Waals surface area (Å²) in [7, 11) is 1.86. The standard InChI is InChI=1S/C16H15N3OS/c1-10-9-11(17-2)7-8-12(10)15(20)19-16-18-13-5-3-4-6-14(13)21-16/h3-9,17H,1-2H3,(H,18,19,20). The van der Waals surface area contributed by atoms with Gasteiger partial charge in [0.2, 0.25) is 0 Å². The molecular formula is C16H15N3OS. The molecule has 21 heavy (non-hydrogen) atoms. The summed E-state index contributed by atoms with van der Waals surface area (Å²) in [5, 5.41) is 6.56. The molecule has 3 rings (SSSR count). The van der Waals surface area contributed by atoms with Gasteiger partial charge in [-0.1, -0.05) is 23.5 Å². The second kappa shape index (κ2) is 5.54. The van der Waals surface area contributed by atoms with Gasteiger partial charge in [-0.05, 0) is 42.8 Å². The van der Waals surface area contributed by atoms with Crippen LogP contribution in [-0.2, 0) is 0 Å². The number of para-hydroxylation sites is 1. The molecule has 0 radical (unpaired) electrons. The molecule has 4 nitrogen and oxygen atoms in total. The lowest BCUT2D eigenvalue weighted by Gasteiger charge is -2.07. The van der Waals surface area contributed by atoms with Crippen LogP contribution < -0.4 is 10.6 Å². The van der Waals surface area contributed by atoms with Crippen LogP contribution in [0.3, 0.4) is 0 Å². The van der Waals surface area contributed by atoms with E-state index >= 15 is 0 Å². The van der Waals surface area contributed by atoms with Crippen molar-refractivity contribution in [3.05, 3.63) is 53.6 Å². The van der Waals surface area contributed by atoms with E-state index in [1.807, 2.05) is 56.4 Å². The Morgan fingerprint density at radius 2 is 2.00 bits per heavy atom. The number of nitrogens with one attached hydrogen (secondary N) is 2. The highest BCUT2D eigenvalue weighted by Gasteiger charge is 2.12. The molecule has 5 heteroatoms. The summed E-state index contributed by atoms with van der Waals surface area (Å²) in [6, 6.07) is 13.5. The Labute approximate surface area is 126 Å². The van der Waals surface area contributed by atoms with Gasteiger partial charge in [0, 0.05) is 18.3 Å². The number of hydrogen-bond acceptors (Lipinski definition) is 4. The van der Waals surface area contributed by atoms with E-state index in [1.54, 1.807) is 0 Å². The summed E-state index contributed by atoms with van der Waals surface area (Å²) in [6.45, 7) is 1.92. The maximum atomic E-state index is 12.3. The minimum atomic E-state index is -0.130. The number of carbonyl (C=O) groups is 1. The first-order chi connectivity index (χ1) is 10.2. The third kappa shape index (κ3) is 2.73. The normalized spacial score (nSPS) is 10.6. The van der Waals surface area contributed by atoms with Gasteiger partial charge in [0.25, 0.3) is 5.91 Å². The Bertz CT molecular complexity index is 777. The molecule has 1 amide bonds. The lowest BCUT2D eigenvalue weighted by Crippen LogP contribution is -2.13. The summed E-state index contributed by atoms with van der Waals surface area (Å²) in [4.78, 5) is 16.8. The Morgan fingerprint density at radius 3 is 2.71 bits per heavy atom. The Hall–Kier alpha value is -2.40. The number of thiazole rings is 1. The van der Waals surface area contributed by atoms with E-state index in [9.17, 15) is 4.79 Å². The number of amides is 1. The molecule has 0 aliphatic carbocycles. The van der Waals surface area contributed by atoms with Crippen LogP contribution >= 0.6 is 11.3 Å². The van der Waals surface area contributed by atoms with Crippen LogP contribution in [0, 0.1) is 6.92 Å². The van der Waals surface area contributed by atoms with Crippen LogP contribution in [0.1, 0.15) is 15.9 Å². The fraction of sp³-hybridized carbons (Fsp3) is 0.125. The van der Waals surface area contributed by atoms with E-state index in [2.05, 4.69) is 15.6 Å². The predicted molar refractivity (Wildman–Crippen MR) is 88.3 cm³/mol. The van der Waals surface area contributed by atoms with Crippen LogP contribution in [0.5, 0.6) is 0 Å². The Morgan fingerprint density at radius 1 is 1.19 bits per heavy atom. The van der Waals surface area contributed by atoms with Gasteiger partial charge in [-0.25, -0.2) is 4.98 Å². The van der Waals surface area contributed by atoms with Gasteiger partial charge >= 0.3 is 0 Å². The second-order valence-corrected chi connectivity index (χ2v) is 5.75. The largest absolute Gasteiger partial charge is 0.388 e. The van der Waals surface area contributed by atoms with Crippen molar-refractivity contribution in [2.24, 2.45) is 0 Å². The van der Waals surface area contributed by atoms with Gasteiger partial charge in [-0.3, -0.25) is 10.1 Å². The lowest BCUT2D eigenvalue weighted by molar-refractivity contribution is 0.102. The van der Waals surface area contributed by atoms with Gasteiger partial charge < -0.3 is 5.32 Å². The van der Waals surface area contributed by atoms with Crippen LogP contribution in [-0.4, -0.2) is 17.9 Å². The number of anilines is 2. The van der Waals surface area contributed by atoms with E-state index in [0.717, 1.165) is 21.5 Å². The third-order valence-electron chi connectivity index (χ3n) is 3.27. The fourth-order valence-electron chi connectivity index (χ4n) is 2.16. The molecule has 1 aromatic heterocycles. The second-order valence-electron chi connectivity index (χ2n) is 4.72. The number of benzene rings is 2. The first-order valence-electron chi connectivity index (χ1n) is 6.62. The molecule has 3 aromatic rings. The quantitative estimate of drug-likeness (QED) is 0.771. The van der Waals surface area contributed by atoms with Crippen molar-refractivity contribution in [1.82, 2.24) is 4.98 Å². The number of fused-ring (bicyclic) bond motifs is 1. The summed E-state index contributed by atoms with van der Waals surface area (Å²) >= 11 is 1.48. The molecule has 0 saturated heterocycles. The Kier molecular flexibility index (Phi) is 3.58. The maximum absolute atomic E-state index is 12.3. The van der Waals surface area contributed by atoms with Gasteiger partial charge in [0.1, 0.15) is 0 Å². The van der Waals surface area contributed by atoms with Crippen molar-refractivity contribution >= 4 is 38.3 Å². The third-order valence-corrected chi connectivity index (χ3v) is 4.23. The number of aryl methyl sites for hydroxylation is 1. The van der Waals surface area contributed by atoms with E-state index in [-0.39, 0.29) is 5.91 Å². The zero-order valence-corrected chi connectivity index (χ0v) is 12.6. The number of aromatic nitrogens is 1. The lowest BCUT2D eigenvalue weighted by atomic mass is 10.1. The molecule has 106 valence electrons. The topological polar surface area (TPSA) is 54.0 Å². The molecule has 0 unspecified atom stereocenters. The number of rotatable bonds is 3. The maximum Gasteiger partial charge on any atom is 0.257 e. The first-order valence-corrected chi connectivity index (χ1v) is 7.44. The fourth-order valence-corrected chi connectivity index (χ4v) is 3.02. The molecule has 0 spiro atoms. The summed E-state index contributed by atoms with van der Waals surface area (Å²) in [5.74, 6) is -0.130. The van der Waals surface area contributed by atoms with Crippen LogP contribution in [0.15, 0.2) is 42.5 Å². The van der Waals surface area contributed by atoms with Crippen molar-refractivity contribution < 1.29 is 4.79 Å². The van der Waals surface area contributed by atoms with E-state index in [1.165, 1.54) is 11.3 Å². The van der Waals surface area contributed by atoms with Crippen molar-refractivity contribution in [2.75, 3.05) is 17.7 Å². The van der Waals surface area contributed by atoms with Gasteiger partial charge in [-0.2, -0.15) is 0 Å². The van der Waals surface area contributed by atoms with E-state index in [4.69, 9.17) is 0 Å². The molecule has 0 aliphatic rings. The molecule has 0 aliphatic heterocycles. The average molecular weight is 297 g/mol. The summed E-state index contributed by atoms with van der Waals surface area (Å²) < 4.78 is 1.06. The van der Waals surface area contributed by atoms with Crippen LogP contribution in [0.25, 0.3) is 10.2 Å². The molecule has 0 bridgehead atoms. The number of carbonyl (C=O) groups excluding carboxylic acids is 1. The molecule has 1 heterocycles.